The fourth-order valence-corrected chi connectivity index (χ4v) is 3.41. The Hall–Kier alpha value is -1.04. The maximum absolute atomic E-state index is 12.1. The van der Waals surface area contributed by atoms with E-state index in [-0.39, 0.29) is 10.7 Å². The van der Waals surface area contributed by atoms with Crippen LogP contribution in [0.2, 0.25) is 0 Å². The molecule has 3 N–H and O–H groups in total. The molecule has 1 amide bonds. The Labute approximate surface area is 131 Å². The molecule has 116 valence electrons. The van der Waals surface area contributed by atoms with Crippen molar-refractivity contribution in [3.8, 4) is 0 Å². The van der Waals surface area contributed by atoms with E-state index >= 15 is 0 Å². The van der Waals surface area contributed by atoms with Gasteiger partial charge in [0.05, 0.1) is 6.54 Å². The van der Waals surface area contributed by atoms with Crippen molar-refractivity contribution < 1.29 is 4.79 Å². The van der Waals surface area contributed by atoms with Crippen molar-refractivity contribution in [2.24, 2.45) is 5.73 Å². The molecule has 1 aliphatic rings. The van der Waals surface area contributed by atoms with E-state index in [1.54, 1.807) is 0 Å². The van der Waals surface area contributed by atoms with E-state index in [1.807, 2.05) is 43.0 Å². The van der Waals surface area contributed by atoms with Crippen molar-refractivity contribution in [3.63, 3.8) is 0 Å². The average Bonchev–Trinajstić information content (AvgIpc) is 2.51. The van der Waals surface area contributed by atoms with Crippen molar-refractivity contribution in [1.29, 1.82) is 0 Å². The Morgan fingerprint density at radius 1 is 1.33 bits per heavy atom. The minimum Gasteiger partial charge on any atom is -0.329 e. The van der Waals surface area contributed by atoms with Gasteiger partial charge in [0.15, 0.2) is 0 Å². The number of nitrogens with two attached hydrogens (primary N) is 1. The minimum atomic E-state index is 0.0586. The van der Waals surface area contributed by atoms with Crippen LogP contribution in [-0.2, 0) is 4.79 Å². The third-order valence-electron chi connectivity index (χ3n) is 4.27. The summed E-state index contributed by atoms with van der Waals surface area (Å²) in [6.07, 6.45) is 4.25. The fraction of sp³-hybridized carbons (Fsp3) is 0.562. The van der Waals surface area contributed by atoms with Crippen molar-refractivity contribution >= 4 is 23.4 Å². The molecule has 1 aromatic rings. The summed E-state index contributed by atoms with van der Waals surface area (Å²) in [5, 5.41) is 2.95. The summed E-state index contributed by atoms with van der Waals surface area (Å²) in [4.78, 5) is 14.3. The second kappa shape index (κ2) is 7.29. The van der Waals surface area contributed by atoms with Gasteiger partial charge in [0.1, 0.15) is 0 Å². The molecule has 21 heavy (non-hydrogen) atoms. The molecule has 0 aliphatic carbocycles. The molecule has 1 fully saturated rings. The van der Waals surface area contributed by atoms with Gasteiger partial charge in [-0.25, -0.2) is 0 Å². The van der Waals surface area contributed by atoms with Crippen molar-refractivity contribution in [2.45, 2.75) is 24.5 Å². The topological polar surface area (TPSA) is 58.4 Å². The van der Waals surface area contributed by atoms with Gasteiger partial charge in [-0.15, -0.1) is 0 Å². The van der Waals surface area contributed by atoms with Crippen LogP contribution in [-0.4, -0.2) is 48.0 Å². The van der Waals surface area contributed by atoms with Gasteiger partial charge in [-0.1, -0.05) is 17.7 Å². The number of piperidine rings is 1. The number of benzene rings is 1. The van der Waals surface area contributed by atoms with Crippen LogP contribution < -0.4 is 11.1 Å². The normalized spacial score (nSPS) is 18.4. The zero-order valence-electron chi connectivity index (χ0n) is 12.9. The molecule has 0 spiro atoms. The second-order valence-electron chi connectivity index (χ2n) is 5.78. The molecule has 0 bridgehead atoms. The van der Waals surface area contributed by atoms with Crippen LogP contribution in [0.1, 0.15) is 18.4 Å². The van der Waals surface area contributed by atoms with Gasteiger partial charge in [0, 0.05) is 30.1 Å². The molecular weight excluding hydrogens is 282 g/mol. The predicted octanol–water partition coefficient (Wildman–Crippen LogP) is 2.09. The predicted molar refractivity (Wildman–Crippen MR) is 90.8 cm³/mol. The van der Waals surface area contributed by atoms with E-state index < -0.39 is 0 Å². The van der Waals surface area contributed by atoms with Crippen LogP contribution in [0.25, 0.3) is 0 Å². The molecule has 1 heterocycles. The lowest BCUT2D eigenvalue weighted by molar-refractivity contribution is -0.117. The number of likely N-dealkylation sites (tertiary alicyclic amines) is 1. The zero-order chi connectivity index (χ0) is 15.3. The van der Waals surface area contributed by atoms with E-state index in [0.717, 1.165) is 38.2 Å². The summed E-state index contributed by atoms with van der Waals surface area (Å²) in [5.41, 5.74) is 7.95. The minimum absolute atomic E-state index is 0.0586. The number of carbonyl (C=O) groups excluding carboxylic acids is 1. The number of hydrogen-bond donors (Lipinski definition) is 2. The van der Waals surface area contributed by atoms with Gasteiger partial charge in [0.2, 0.25) is 5.91 Å². The summed E-state index contributed by atoms with van der Waals surface area (Å²) in [6.45, 7) is 5.11. The molecule has 1 saturated heterocycles. The first-order valence-electron chi connectivity index (χ1n) is 7.41. The molecule has 0 unspecified atom stereocenters. The first kappa shape index (κ1) is 16.3. The van der Waals surface area contributed by atoms with Gasteiger partial charge >= 0.3 is 0 Å². The third-order valence-corrected chi connectivity index (χ3v) is 5.72. The van der Waals surface area contributed by atoms with Crippen LogP contribution in [0.15, 0.2) is 24.3 Å². The largest absolute Gasteiger partial charge is 0.329 e. The van der Waals surface area contributed by atoms with Gasteiger partial charge in [-0.3, -0.25) is 9.69 Å². The van der Waals surface area contributed by atoms with Gasteiger partial charge < -0.3 is 11.1 Å². The molecule has 1 aromatic carbocycles. The molecular formula is C16H25N3OS. The van der Waals surface area contributed by atoms with Gasteiger partial charge in [0.25, 0.3) is 0 Å². The first-order chi connectivity index (χ1) is 10.1. The van der Waals surface area contributed by atoms with E-state index in [2.05, 4.69) is 16.5 Å². The van der Waals surface area contributed by atoms with E-state index in [0.29, 0.717) is 6.54 Å². The number of amides is 1. The number of carbonyl (C=O) groups is 1. The fourth-order valence-electron chi connectivity index (χ4n) is 2.65. The van der Waals surface area contributed by atoms with Crippen molar-refractivity contribution in [1.82, 2.24) is 4.90 Å². The SMILES string of the molecule is CSC1(CN)CCN(CC(=O)Nc2ccc(C)cc2)CC1. The number of thioether (sulfide) groups is 1. The Morgan fingerprint density at radius 2 is 1.95 bits per heavy atom. The highest BCUT2D eigenvalue weighted by molar-refractivity contribution is 8.00. The standard InChI is InChI=1S/C16H25N3OS/c1-13-3-5-14(6-4-13)18-15(20)11-19-9-7-16(12-17,21-2)8-10-19/h3-6H,7-12,17H2,1-2H3,(H,18,20). The monoisotopic (exact) mass is 307 g/mol. The third kappa shape index (κ3) is 4.46. The number of nitrogens with one attached hydrogen (secondary N) is 1. The van der Waals surface area contributed by atoms with E-state index in [9.17, 15) is 4.79 Å². The molecule has 2 rings (SSSR count). The average molecular weight is 307 g/mol. The quantitative estimate of drug-likeness (QED) is 0.874. The summed E-state index contributed by atoms with van der Waals surface area (Å²) in [7, 11) is 0. The highest BCUT2D eigenvalue weighted by atomic mass is 32.2. The number of rotatable bonds is 5. The highest BCUT2D eigenvalue weighted by Crippen LogP contribution is 2.33. The molecule has 0 radical (unpaired) electrons. The second-order valence-corrected chi connectivity index (χ2v) is 7.06. The maximum Gasteiger partial charge on any atom is 0.238 e. The maximum atomic E-state index is 12.1. The van der Waals surface area contributed by atoms with Crippen LogP contribution in [0.5, 0.6) is 0 Å². The van der Waals surface area contributed by atoms with Gasteiger partial charge in [-0.05, 0) is 38.2 Å². The van der Waals surface area contributed by atoms with Gasteiger partial charge in [-0.2, -0.15) is 11.8 Å². The van der Waals surface area contributed by atoms with Crippen LogP contribution in [0.3, 0.4) is 0 Å². The molecule has 5 heteroatoms. The zero-order valence-corrected chi connectivity index (χ0v) is 13.7. The lowest BCUT2D eigenvalue weighted by atomic mass is 9.96. The van der Waals surface area contributed by atoms with Crippen LogP contribution in [0.4, 0.5) is 5.69 Å². The molecule has 0 saturated carbocycles. The van der Waals surface area contributed by atoms with Crippen molar-refractivity contribution in [3.05, 3.63) is 29.8 Å². The van der Waals surface area contributed by atoms with Crippen LogP contribution in [0, 0.1) is 6.92 Å². The highest BCUT2D eigenvalue weighted by Gasteiger charge is 2.32. The number of nitrogens with zero attached hydrogens (tertiary/aromatic N) is 1. The molecule has 0 aromatic heterocycles. The Morgan fingerprint density at radius 3 is 2.48 bits per heavy atom. The van der Waals surface area contributed by atoms with Crippen molar-refractivity contribution in [2.75, 3.05) is 37.8 Å². The lowest BCUT2D eigenvalue weighted by Gasteiger charge is -2.39. The van der Waals surface area contributed by atoms with E-state index in [4.69, 9.17) is 5.73 Å². The molecule has 0 atom stereocenters. The number of anilines is 1. The molecule has 4 nitrogen and oxygen atoms in total. The Bertz CT molecular complexity index is 461. The smallest absolute Gasteiger partial charge is 0.238 e. The van der Waals surface area contributed by atoms with Crippen LogP contribution >= 0.6 is 11.8 Å². The number of hydrogen-bond acceptors (Lipinski definition) is 4. The summed E-state index contributed by atoms with van der Waals surface area (Å²) in [5.74, 6) is 0.0586. The Kier molecular flexibility index (Phi) is 5.67. The summed E-state index contributed by atoms with van der Waals surface area (Å²) >= 11 is 1.87. The summed E-state index contributed by atoms with van der Waals surface area (Å²) in [6, 6.07) is 7.89. The summed E-state index contributed by atoms with van der Waals surface area (Å²) < 4.78 is 0.212. The number of aryl methyl sites for hydroxylation is 1. The molecule has 1 aliphatic heterocycles. The van der Waals surface area contributed by atoms with E-state index in [1.165, 1.54) is 5.56 Å². The lowest BCUT2D eigenvalue weighted by Crippen LogP contribution is -2.48. The Balaban J connectivity index is 1.80. The first-order valence-corrected chi connectivity index (χ1v) is 8.63.